The Hall–Kier alpha value is -1.60. The predicted octanol–water partition coefficient (Wildman–Crippen LogP) is -2.54. The van der Waals surface area contributed by atoms with Crippen LogP contribution in [0.4, 0.5) is 4.79 Å². The van der Waals surface area contributed by atoms with Crippen molar-refractivity contribution in [3.8, 4) is 6.07 Å². The Bertz CT molecular complexity index is 346. The van der Waals surface area contributed by atoms with Gasteiger partial charge in [-0.1, -0.05) is 4.57 Å². The van der Waals surface area contributed by atoms with Crippen LogP contribution in [0.25, 0.3) is 0 Å². The summed E-state index contributed by atoms with van der Waals surface area (Å²) >= 11 is 0. The lowest BCUT2D eigenvalue weighted by molar-refractivity contribution is -0.585. The molecule has 0 saturated heterocycles. The standard InChI is InChI=1S/C8H7N2O2.ClH/c1-12-8(11)10-4-2-3-7(5-9)6-10;/h2-4,6H,1H3;1H/q+1;/p-1. The highest BCUT2D eigenvalue weighted by Gasteiger charge is 2.13. The van der Waals surface area contributed by atoms with Crippen LogP contribution in [0, 0.1) is 11.3 Å². The van der Waals surface area contributed by atoms with Crippen molar-refractivity contribution in [3.05, 3.63) is 30.1 Å². The highest BCUT2D eigenvalue weighted by molar-refractivity contribution is 5.56. The summed E-state index contributed by atoms with van der Waals surface area (Å²) in [6.07, 6.45) is 2.42. The zero-order valence-corrected chi connectivity index (χ0v) is 7.65. The van der Waals surface area contributed by atoms with Crippen LogP contribution in [0.5, 0.6) is 0 Å². The van der Waals surface area contributed by atoms with E-state index in [1.54, 1.807) is 12.1 Å². The number of halogens is 1. The fourth-order valence-corrected chi connectivity index (χ4v) is 0.760. The number of carbonyl (C=O) groups excluding carboxylic acids is 1. The molecule has 1 aromatic heterocycles. The van der Waals surface area contributed by atoms with Crippen molar-refractivity contribution in [1.29, 1.82) is 5.26 Å². The first kappa shape index (κ1) is 11.4. The van der Waals surface area contributed by atoms with Gasteiger partial charge in [-0.2, -0.15) is 10.1 Å². The van der Waals surface area contributed by atoms with Gasteiger partial charge in [0.2, 0.25) is 0 Å². The van der Waals surface area contributed by atoms with E-state index in [9.17, 15) is 4.79 Å². The highest BCUT2D eigenvalue weighted by atomic mass is 35.5. The quantitative estimate of drug-likeness (QED) is 0.432. The summed E-state index contributed by atoms with van der Waals surface area (Å²) in [5.74, 6) is 0. The lowest BCUT2D eigenvalue weighted by atomic mass is 10.3. The number of nitrogens with zero attached hydrogens (tertiary/aromatic N) is 2. The molecule has 68 valence electrons. The molecule has 1 aromatic rings. The average Bonchev–Trinajstić information content (AvgIpc) is 2.17. The Morgan fingerprint density at radius 2 is 2.38 bits per heavy atom. The monoisotopic (exact) mass is 198 g/mol. The van der Waals surface area contributed by atoms with Gasteiger partial charge >= 0.3 is 6.09 Å². The number of carbonyl (C=O) groups is 1. The Balaban J connectivity index is 0.00000144. The number of pyridine rings is 1. The van der Waals surface area contributed by atoms with E-state index in [0.29, 0.717) is 5.56 Å². The average molecular weight is 199 g/mol. The van der Waals surface area contributed by atoms with E-state index in [1.165, 1.54) is 24.1 Å². The Kier molecular flexibility index (Phi) is 4.49. The SMILES string of the molecule is COC(=O)[n+]1cccc(C#N)c1.[Cl-]. The van der Waals surface area contributed by atoms with E-state index in [-0.39, 0.29) is 12.4 Å². The van der Waals surface area contributed by atoms with Gasteiger partial charge in [0.1, 0.15) is 11.6 Å². The van der Waals surface area contributed by atoms with Crippen molar-refractivity contribution in [3.63, 3.8) is 0 Å². The molecule has 0 aliphatic rings. The zero-order chi connectivity index (χ0) is 8.97. The first-order valence-corrected chi connectivity index (χ1v) is 3.27. The van der Waals surface area contributed by atoms with Crippen molar-refractivity contribution < 1.29 is 26.5 Å². The summed E-state index contributed by atoms with van der Waals surface area (Å²) in [4.78, 5) is 10.9. The molecule has 0 fully saturated rings. The fraction of sp³-hybridized carbons (Fsp3) is 0.125. The van der Waals surface area contributed by atoms with Gasteiger partial charge in [-0.25, -0.2) is 0 Å². The van der Waals surface area contributed by atoms with Crippen LogP contribution < -0.4 is 17.0 Å². The second-order valence-corrected chi connectivity index (χ2v) is 2.08. The van der Waals surface area contributed by atoms with Gasteiger partial charge < -0.3 is 17.1 Å². The summed E-state index contributed by atoms with van der Waals surface area (Å²) in [6, 6.07) is 5.13. The van der Waals surface area contributed by atoms with Crippen LogP contribution in [-0.2, 0) is 4.74 Å². The first-order valence-electron chi connectivity index (χ1n) is 3.27. The van der Waals surface area contributed by atoms with Crippen molar-refractivity contribution in [2.45, 2.75) is 0 Å². The molecule has 0 aliphatic carbocycles. The molecule has 1 rings (SSSR count). The maximum atomic E-state index is 10.9. The van der Waals surface area contributed by atoms with Crippen LogP contribution in [0.1, 0.15) is 5.56 Å². The molecule has 0 aromatic carbocycles. The Morgan fingerprint density at radius 3 is 2.92 bits per heavy atom. The van der Waals surface area contributed by atoms with Crippen LogP contribution in [0.2, 0.25) is 0 Å². The van der Waals surface area contributed by atoms with Gasteiger partial charge in [0, 0.05) is 6.07 Å². The molecule has 1 heterocycles. The number of hydrogen-bond donors (Lipinski definition) is 0. The second-order valence-electron chi connectivity index (χ2n) is 2.08. The third-order valence-electron chi connectivity index (χ3n) is 1.32. The lowest BCUT2D eigenvalue weighted by Gasteiger charge is -1.90. The van der Waals surface area contributed by atoms with E-state index in [2.05, 4.69) is 4.74 Å². The van der Waals surface area contributed by atoms with Crippen LogP contribution in [-0.4, -0.2) is 13.2 Å². The van der Waals surface area contributed by atoms with Gasteiger partial charge in [0.05, 0.1) is 7.11 Å². The summed E-state index contributed by atoms with van der Waals surface area (Å²) in [7, 11) is 1.29. The molecule has 0 aliphatic heterocycles. The molecule has 0 amide bonds. The minimum absolute atomic E-state index is 0. The van der Waals surface area contributed by atoms with E-state index in [4.69, 9.17) is 5.26 Å². The van der Waals surface area contributed by atoms with Gasteiger partial charge in [0.15, 0.2) is 12.4 Å². The number of rotatable bonds is 0. The maximum absolute atomic E-state index is 10.9. The normalized spacial score (nSPS) is 8.00. The fourth-order valence-electron chi connectivity index (χ4n) is 0.760. The van der Waals surface area contributed by atoms with Crippen LogP contribution in [0.3, 0.4) is 0 Å². The van der Waals surface area contributed by atoms with E-state index >= 15 is 0 Å². The number of nitriles is 1. The summed E-state index contributed by atoms with van der Waals surface area (Å²) in [6.45, 7) is 0. The number of aromatic nitrogens is 1. The second kappa shape index (κ2) is 5.12. The van der Waals surface area contributed by atoms with Crippen molar-refractivity contribution >= 4 is 6.09 Å². The van der Waals surface area contributed by atoms with Crippen LogP contribution in [0.15, 0.2) is 24.5 Å². The van der Waals surface area contributed by atoms with Gasteiger partial charge in [-0.15, -0.1) is 0 Å². The molecule has 4 nitrogen and oxygen atoms in total. The molecule has 0 atom stereocenters. The summed E-state index contributed by atoms with van der Waals surface area (Å²) < 4.78 is 5.66. The molecule has 0 saturated carbocycles. The van der Waals surface area contributed by atoms with Gasteiger partial charge in [-0.05, 0) is 6.07 Å². The third-order valence-corrected chi connectivity index (χ3v) is 1.32. The molecule has 0 N–H and O–H groups in total. The molecular formula is C8H7ClN2O2. The largest absolute Gasteiger partial charge is 1.00 e. The molecular weight excluding hydrogens is 192 g/mol. The number of hydrogen-bond acceptors (Lipinski definition) is 3. The van der Waals surface area contributed by atoms with E-state index in [1.807, 2.05) is 6.07 Å². The third kappa shape index (κ3) is 2.73. The Morgan fingerprint density at radius 1 is 1.69 bits per heavy atom. The summed E-state index contributed by atoms with van der Waals surface area (Å²) in [5, 5.41) is 8.50. The maximum Gasteiger partial charge on any atom is 0.601 e. The lowest BCUT2D eigenvalue weighted by Crippen LogP contribution is -3.00. The topological polar surface area (TPSA) is 54.0 Å². The zero-order valence-electron chi connectivity index (χ0n) is 6.90. The molecule has 0 bridgehead atoms. The van der Waals surface area contributed by atoms with Crippen molar-refractivity contribution in [2.24, 2.45) is 0 Å². The van der Waals surface area contributed by atoms with E-state index in [0.717, 1.165) is 0 Å². The molecule has 0 spiro atoms. The molecule has 5 heteroatoms. The first-order chi connectivity index (χ1) is 5.77. The predicted molar refractivity (Wildman–Crippen MR) is 39.2 cm³/mol. The minimum atomic E-state index is -0.507. The van der Waals surface area contributed by atoms with Gasteiger partial charge in [-0.3, -0.25) is 0 Å². The van der Waals surface area contributed by atoms with E-state index < -0.39 is 6.09 Å². The molecule has 13 heavy (non-hydrogen) atoms. The van der Waals surface area contributed by atoms with Crippen molar-refractivity contribution in [1.82, 2.24) is 0 Å². The van der Waals surface area contributed by atoms with Crippen LogP contribution >= 0.6 is 0 Å². The highest BCUT2D eigenvalue weighted by Crippen LogP contribution is 1.89. The smallest absolute Gasteiger partial charge is 0.601 e. The number of ether oxygens (including phenoxy) is 1. The number of methoxy groups -OCH3 is 1. The minimum Gasteiger partial charge on any atom is -1.00 e. The van der Waals surface area contributed by atoms with Crippen molar-refractivity contribution in [2.75, 3.05) is 7.11 Å². The van der Waals surface area contributed by atoms with Gasteiger partial charge in [0.25, 0.3) is 0 Å². The summed E-state index contributed by atoms with van der Waals surface area (Å²) in [5.41, 5.74) is 0.419. The molecule has 0 unspecified atom stereocenters. The Labute approximate surface area is 81.8 Å². The molecule has 0 radical (unpaired) electrons.